The summed E-state index contributed by atoms with van der Waals surface area (Å²) >= 11 is 0. The first-order valence-electron chi connectivity index (χ1n) is 7.07. The molecule has 1 saturated heterocycles. The van der Waals surface area contributed by atoms with E-state index < -0.39 is 0 Å². The van der Waals surface area contributed by atoms with Crippen molar-refractivity contribution >= 4 is 5.82 Å². The van der Waals surface area contributed by atoms with Crippen LogP contribution < -0.4 is 10.2 Å². The number of methoxy groups -OCH3 is 1. The lowest BCUT2D eigenvalue weighted by atomic mass is 9.95. The van der Waals surface area contributed by atoms with Gasteiger partial charge in [-0.25, -0.2) is 4.98 Å². The number of hydrogen-bond acceptors (Lipinski definition) is 4. The third kappa shape index (κ3) is 3.07. The highest BCUT2D eigenvalue weighted by Crippen LogP contribution is 2.28. The van der Waals surface area contributed by atoms with Crippen LogP contribution in [0.4, 0.5) is 5.82 Å². The molecule has 1 fully saturated rings. The molecule has 1 N–H and O–H groups in total. The number of nitrogens with one attached hydrogen (secondary N) is 1. The Labute approximate surface area is 116 Å². The molecular formula is C15H25N3O. The van der Waals surface area contributed by atoms with E-state index in [4.69, 9.17) is 4.74 Å². The lowest BCUT2D eigenvalue weighted by Crippen LogP contribution is -2.44. The smallest absolute Gasteiger partial charge is 0.133 e. The molecule has 0 amide bonds. The molecule has 0 bridgehead atoms. The lowest BCUT2D eigenvalue weighted by molar-refractivity contribution is 0.0496. The Bertz CT molecular complexity index is 410. The fraction of sp³-hybridized carbons (Fsp3) is 0.667. The van der Waals surface area contributed by atoms with E-state index in [0.717, 1.165) is 25.3 Å². The number of ether oxygens (including phenoxy) is 1. The maximum absolute atomic E-state index is 5.60. The van der Waals surface area contributed by atoms with Gasteiger partial charge in [0, 0.05) is 38.0 Å². The molecule has 4 nitrogen and oxygen atoms in total. The summed E-state index contributed by atoms with van der Waals surface area (Å²) in [5.74, 6) is 1.72. The van der Waals surface area contributed by atoms with Crippen molar-refractivity contribution in [2.45, 2.75) is 32.4 Å². The number of nitrogens with zero attached hydrogens (tertiary/aromatic N) is 2. The van der Waals surface area contributed by atoms with Gasteiger partial charge in [0.1, 0.15) is 5.82 Å². The molecule has 1 aliphatic heterocycles. The van der Waals surface area contributed by atoms with Crippen LogP contribution in [0.1, 0.15) is 31.9 Å². The number of anilines is 1. The summed E-state index contributed by atoms with van der Waals surface area (Å²) in [4.78, 5) is 6.95. The monoisotopic (exact) mass is 263 g/mol. The van der Waals surface area contributed by atoms with Crippen molar-refractivity contribution < 1.29 is 4.74 Å². The summed E-state index contributed by atoms with van der Waals surface area (Å²) in [7, 11) is 3.79. The second-order valence-electron chi connectivity index (χ2n) is 5.41. The van der Waals surface area contributed by atoms with E-state index in [0.29, 0.717) is 18.1 Å². The largest absolute Gasteiger partial charge is 0.379 e. The molecule has 2 rings (SSSR count). The molecule has 3 unspecified atom stereocenters. The molecule has 3 atom stereocenters. The summed E-state index contributed by atoms with van der Waals surface area (Å²) in [6, 6.07) is 4.47. The zero-order valence-corrected chi connectivity index (χ0v) is 12.4. The number of rotatable bonds is 4. The second-order valence-corrected chi connectivity index (χ2v) is 5.41. The third-order valence-electron chi connectivity index (χ3n) is 4.21. The second kappa shape index (κ2) is 6.35. The van der Waals surface area contributed by atoms with Crippen LogP contribution in [0.25, 0.3) is 0 Å². The van der Waals surface area contributed by atoms with Gasteiger partial charge in [-0.15, -0.1) is 0 Å². The predicted octanol–water partition coefficient (Wildman–Crippen LogP) is 2.22. The topological polar surface area (TPSA) is 37.4 Å². The minimum absolute atomic E-state index is 0.300. The zero-order valence-electron chi connectivity index (χ0n) is 12.4. The first kappa shape index (κ1) is 14.3. The SMILES string of the molecule is CNC(C)c1cccnc1N1CCC(C)C(OC)C1. The Balaban J connectivity index is 2.22. The van der Waals surface area contributed by atoms with E-state index in [1.807, 2.05) is 19.3 Å². The normalized spacial score (nSPS) is 25.4. The molecule has 106 valence electrons. The van der Waals surface area contributed by atoms with Crippen LogP contribution in [0, 0.1) is 5.92 Å². The van der Waals surface area contributed by atoms with Crippen molar-refractivity contribution in [1.82, 2.24) is 10.3 Å². The van der Waals surface area contributed by atoms with Gasteiger partial charge in [0.2, 0.25) is 0 Å². The fourth-order valence-corrected chi connectivity index (χ4v) is 2.70. The van der Waals surface area contributed by atoms with Crippen molar-refractivity contribution in [3.05, 3.63) is 23.9 Å². The van der Waals surface area contributed by atoms with Gasteiger partial charge in [-0.2, -0.15) is 0 Å². The maximum atomic E-state index is 5.60. The standard InChI is InChI=1S/C15H25N3O/c1-11-7-9-18(10-14(11)19-4)15-13(12(2)16-3)6-5-8-17-15/h5-6,8,11-12,14,16H,7,9-10H2,1-4H3. The Morgan fingerprint density at radius 1 is 1.53 bits per heavy atom. The summed E-state index contributed by atoms with van der Waals surface area (Å²) in [6.07, 6.45) is 3.33. The number of hydrogen-bond donors (Lipinski definition) is 1. The molecule has 0 spiro atoms. The minimum atomic E-state index is 0.300. The molecule has 4 heteroatoms. The van der Waals surface area contributed by atoms with Gasteiger partial charge >= 0.3 is 0 Å². The van der Waals surface area contributed by atoms with Crippen molar-refractivity contribution in [2.75, 3.05) is 32.1 Å². The van der Waals surface area contributed by atoms with Gasteiger partial charge < -0.3 is 15.0 Å². The molecule has 2 heterocycles. The Morgan fingerprint density at radius 2 is 2.32 bits per heavy atom. The van der Waals surface area contributed by atoms with Crippen molar-refractivity contribution in [1.29, 1.82) is 0 Å². The average Bonchev–Trinajstić information content (AvgIpc) is 2.47. The number of aromatic nitrogens is 1. The van der Waals surface area contributed by atoms with Crippen LogP contribution in [-0.4, -0.2) is 38.3 Å². The van der Waals surface area contributed by atoms with Crippen LogP contribution in [-0.2, 0) is 4.74 Å². The molecule has 0 radical (unpaired) electrons. The molecule has 0 aromatic carbocycles. The van der Waals surface area contributed by atoms with Crippen LogP contribution >= 0.6 is 0 Å². The quantitative estimate of drug-likeness (QED) is 0.904. The van der Waals surface area contributed by atoms with Gasteiger partial charge in [-0.3, -0.25) is 0 Å². The van der Waals surface area contributed by atoms with E-state index >= 15 is 0 Å². The van der Waals surface area contributed by atoms with Gasteiger partial charge in [-0.1, -0.05) is 13.0 Å². The van der Waals surface area contributed by atoms with Crippen molar-refractivity contribution in [3.63, 3.8) is 0 Å². The van der Waals surface area contributed by atoms with Gasteiger partial charge in [0.05, 0.1) is 6.10 Å². The van der Waals surface area contributed by atoms with Gasteiger partial charge in [0.15, 0.2) is 0 Å². The van der Waals surface area contributed by atoms with E-state index in [1.165, 1.54) is 5.56 Å². The molecule has 19 heavy (non-hydrogen) atoms. The molecule has 0 aliphatic carbocycles. The fourth-order valence-electron chi connectivity index (χ4n) is 2.70. The minimum Gasteiger partial charge on any atom is -0.379 e. The zero-order chi connectivity index (χ0) is 13.8. The highest BCUT2D eigenvalue weighted by atomic mass is 16.5. The maximum Gasteiger partial charge on any atom is 0.133 e. The van der Waals surface area contributed by atoms with E-state index in [2.05, 4.69) is 35.1 Å². The average molecular weight is 263 g/mol. The van der Waals surface area contributed by atoms with Crippen molar-refractivity contribution in [3.8, 4) is 0 Å². The highest BCUT2D eigenvalue weighted by molar-refractivity contribution is 5.48. The Hall–Kier alpha value is -1.13. The summed E-state index contributed by atoms with van der Waals surface area (Å²) in [6.45, 7) is 6.42. The predicted molar refractivity (Wildman–Crippen MR) is 78.5 cm³/mol. The summed E-state index contributed by atoms with van der Waals surface area (Å²) in [5, 5.41) is 3.30. The summed E-state index contributed by atoms with van der Waals surface area (Å²) in [5.41, 5.74) is 1.26. The highest BCUT2D eigenvalue weighted by Gasteiger charge is 2.28. The van der Waals surface area contributed by atoms with Crippen LogP contribution in [0.2, 0.25) is 0 Å². The first-order chi connectivity index (χ1) is 9.17. The van der Waals surface area contributed by atoms with Gasteiger partial charge in [0.25, 0.3) is 0 Å². The van der Waals surface area contributed by atoms with E-state index in [-0.39, 0.29) is 0 Å². The van der Waals surface area contributed by atoms with E-state index in [9.17, 15) is 0 Å². The first-order valence-corrected chi connectivity index (χ1v) is 7.07. The summed E-state index contributed by atoms with van der Waals surface area (Å²) < 4.78 is 5.60. The number of pyridine rings is 1. The molecule has 0 saturated carbocycles. The van der Waals surface area contributed by atoms with Crippen LogP contribution in [0.5, 0.6) is 0 Å². The van der Waals surface area contributed by atoms with Gasteiger partial charge in [-0.05, 0) is 32.4 Å². The van der Waals surface area contributed by atoms with E-state index in [1.54, 1.807) is 7.11 Å². The lowest BCUT2D eigenvalue weighted by Gasteiger charge is -2.38. The Kier molecular flexibility index (Phi) is 4.77. The molecular weight excluding hydrogens is 238 g/mol. The van der Waals surface area contributed by atoms with Crippen LogP contribution in [0.15, 0.2) is 18.3 Å². The number of piperidine rings is 1. The van der Waals surface area contributed by atoms with Crippen LogP contribution in [0.3, 0.4) is 0 Å². The Morgan fingerprint density at radius 3 is 3.00 bits per heavy atom. The third-order valence-corrected chi connectivity index (χ3v) is 4.21. The molecule has 1 aliphatic rings. The molecule has 1 aromatic heterocycles. The van der Waals surface area contributed by atoms with Crippen molar-refractivity contribution in [2.24, 2.45) is 5.92 Å². The molecule has 1 aromatic rings.